The van der Waals surface area contributed by atoms with E-state index in [-0.39, 0.29) is 23.2 Å². The summed E-state index contributed by atoms with van der Waals surface area (Å²) < 4.78 is 0. The van der Waals surface area contributed by atoms with E-state index in [4.69, 9.17) is 4.98 Å². The van der Waals surface area contributed by atoms with E-state index < -0.39 is 0 Å². The standard InChI is InChI=1S/C33H38N4O/c1-23-32(36-22-35-23)28(18-24-14-16-27(17-15-24)33(2,3)4)29(25-10-6-5-7-11-25)21-37-20-26-12-8-9-13-30(26)34-19-31(37)38/h5-17,22,28-29,34H,18-21H2,1-4H3,(H,35,36). The van der Waals surface area contributed by atoms with Crippen molar-refractivity contribution in [1.29, 1.82) is 0 Å². The summed E-state index contributed by atoms with van der Waals surface area (Å²) >= 11 is 0. The molecule has 5 rings (SSSR count). The zero-order valence-electron chi connectivity index (χ0n) is 22.9. The highest BCUT2D eigenvalue weighted by Gasteiger charge is 2.32. The molecule has 1 aromatic heterocycles. The van der Waals surface area contributed by atoms with Crippen molar-refractivity contribution in [3.05, 3.63) is 119 Å². The third-order valence-corrected chi connectivity index (χ3v) is 7.79. The van der Waals surface area contributed by atoms with Crippen LogP contribution in [0, 0.1) is 6.92 Å². The van der Waals surface area contributed by atoms with Crippen LogP contribution in [0.25, 0.3) is 0 Å². The Balaban J connectivity index is 1.53. The van der Waals surface area contributed by atoms with Gasteiger partial charge in [-0.1, -0.05) is 93.6 Å². The molecule has 1 amide bonds. The first-order valence-electron chi connectivity index (χ1n) is 13.5. The summed E-state index contributed by atoms with van der Waals surface area (Å²) in [6.07, 6.45) is 2.63. The van der Waals surface area contributed by atoms with Crippen molar-refractivity contribution in [3.8, 4) is 0 Å². The number of aryl methyl sites for hydroxylation is 1. The lowest BCUT2D eigenvalue weighted by molar-refractivity contribution is -0.130. The second-order valence-corrected chi connectivity index (χ2v) is 11.5. The molecule has 0 saturated carbocycles. The Hall–Kier alpha value is -3.86. The molecule has 1 aliphatic heterocycles. The molecule has 196 valence electrons. The van der Waals surface area contributed by atoms with Gasteiger partial charge in [0, 0.05) is 36.3 Å². The average molecular weight is 507 g/mol. The number of amides is 1. The highest BCUT2D eigenvalue weighted by atomic mass is 16.2. The minimum Gasteiger partial charge on any atom is -0.376 e. The molecule has 2 heterocycles. The van der Waals surface area contributed by atoms with Gasteiger partial charge in [0.2, 0.25) is 5.91 Å². The SMILES string of the molecule is Cc1[nH]cnc1C(Cc1ccc(C(C)(C)C)cc1)C(CN1Cc2ccccc2NCC1=O)c1ccccc1. The molecule has 0 fully saturated rings. The summed E-state index contributed by atoms with van der Waals surface area (Å²) in [7, 11) is 0. The Morgan fingerprint density at radius 2 is 1.63 bits per heavy atom. The van der Waals surface area contributed by atoms with Gasteiger partial charge >= 0.3 is 0 Å². The predicted molar refractivity (Wildman–Crippen MR) is 154 cm³/mol. The molecule has 5 nitrogen and oxygen atoms in total. The number of carbonyl (C=O) groups excluding carboxylic acids is 1. The number of nitrogens with one attached hydrogen (secondary N) is 2. The van der Waals surface area contributed by atoms with Gasteiger partial charge in [-0.05, 0) is 47.1 Å². The van der Waals surface area contributed by atoms with Gasteiger partial charge in [0.05, 0.1) is 18.6 Å². The number of H-pyrrole nitrogens is 1. The van der Waals surface area contributed by atoms with Crippen LogP contribution >= 0.6 is 0 Å². The van der Waals surface area contributed by atoms with Crippen molar-refractivity contribution in [2.24, 2.45) is 0 Å². The van der Waals surface area contributed by atoms with E-state index in [2.05, 4.69) is 105 Å². The Morgan fingerprint density at radius 1 is 0.921 bits per heavy atom. The fraction of sp³-hybridized carbons (Fsp3) is 0.333. The number of hydrogen-bond acceptors (Lipinski definition) is 3. The topological polar surface area (TPSA) is 61.0 Å². The molecule has 0 saturated heterocycles. The van der Waals surface area contributed by atoms with Crippen molar-refractivity contribution >= 4 is 11.6 Å². The lowest BCUT2D eigenvalue weighted by atomic mass is 9.78. The van der Waals surface area contributed by atoms with Gasteiger partial charge in [0.1, 0.15) is 0 Å². The highest BCUT2D eigenvalue weighted by molar-refractivity contribution is 5.82. The minimum absolute atomic E-state index is 0.0784. The van der Waals surface area contributed by atoms with Gasteiger partial charge in [0.15, 0.2) is 0 Å². The van der Waals surface area contributed by atoms with Crippen molar-refractivity contribution in [3.63, 3.8) is 0 Å². The van der Waals surface area contributed by atoms with Crippen LogP contribution in [0.4, 0.5) is 5.69 Å². The molecule has 1 aliphatic rings. The number of para-hydroxylation sites is 1. The Bertz CT molecular complexity index is 1370. The summed E-state index contributed by atoms with van der Waals surface area (Å²) in [6.45, 7) is 10.3. The van der Waals surface area contributed by atoms with E-state index in [1.165, 1.54) is 16.7 Å². The van der Waals surface area contributed by atoms with Crippen LogP contribution in [0.3, 0.4) is 0 Å². The molecular formula is C33H38N4O. The van der Waals surface area contributed by atoms with Crippen LogP contribution in [0.15, 0.2) is 85.2 Å². The molecule has 2 N–H and O–H groups in total. The average Bonchev–Trinajstić information content (AvgIpc) is 3.27. The number of rotatable bonds is 7. The lowest BCUT2D eigenvalue weighted by Crippen LogP contribution is -2.38. The second kappa shape index (κ2) is 10.9. The Kier molecular flexibility index (Phi) is 7.37. The molecule has 0 aliphatic carbocycles. The minimum atomic E-state index is 0.0784. The molecule has 0 bridgehead atoms. The number of fused-ring (bicyclic) bond motifs is 1. The zero-order chi connectivity index (χ0) is 26.7. The lowest BCUT2D eigenvalue weighted by Gasteiger charge is -2.33. The summed E-state index contributed by atoms with van der Waals surface area (Å²) in [6, 6.07) is 27.9. The number of imidazole rings is 1. The maximum Gasteiger partial charge on any atom is 0.242 e. The number of aromatic amines is 1. The van der Waals surface area contributed by atoms with Crippen LogP contribution in [-0.2, 0) is 23.2 Å². The smallest absolute Gasteiger partial charge is 0.242 e. The summed E-state index contributed by atoms with van der Waals surface area (Å²) in [5, 5.41) is 3.33. The van der Waals surface area contributed by atoms with E-state index in [0.29, 0.717) is 19.6 Å². The van der Waals surface area contributed by atoms with Crippen LogP contribution in [0.2, 0.25) is 0 Å². The van der Waals surface area contributed by atoms with Gasteiger partial charge in [0.25, 0.3) is 0 Å². The van der Waals surface area contributed by atoms with E-state index in [9.17, 15) is 4.79 Å². The van der Waals surface area contributed by atoms with E-state index in [0.717, 1.165) is 29.1 Å². The highest BCUT2D eigenvalue weighted by Crippen LogP contribution is 2.38. The summed E-state index contributed by atoms with van der Waals surface area (Å²) in [5.74, 6) is 0.298. The van der Waals surface area contributed by atoms with Gasteiger partial charge < -0.3 is 15.2 Å². The fourth-order valence-electron chi connectivity index (χ4n) is 5.54. The van der Waals surface area contributed by atoms with Crippen molar-refractivity contribution in [2.45, 2.75) is 57.9 Å². The number of anilines is 1. The quantitative estimate of drug-likeness (QED) is 0.298. The first-order valence-corrected chi connectivity index (χ1v) is 13.5. The maximum atomic E-state index is 13.4. The number of carbonyl (C=O) groups is 1. The fourth-order valence-corrected chi connectivity index (χ4v) is 5.54. The monoisotopic (exact) mass is 506 g/mol. The van der Waals surface area contributed by atoms with Crippen molar-refractivity contribution < 1.29 is 4.79 Å². The molecule has 0 radical (unpaired) electrons. The largest absolute Gasteiger partial charge is 0.376 e. The normalized spacial score (nSPS) is 15.4. The number of nitrogens with zero attached hydrogens (tertiary/aromatic N) is 2. The Labute approximate surface area is 226 Å². The van der Waals surface area contributed by atoms with Gasteiger partial charge in [-0.15, -0.1) is 0 Å². The van der Waals surface area contributed by atoms with E-state index >= 15 is 0 Å². The zero-order valence-corrected chi connectivity index (χ0v) is 22.9. The summed E-state index contributed by atoms with van der Waals surface area (Å²) in [4.78, 5) is 23.5. The van der Waals surface area contributed by atoms with Crippen LogP contribution in [0.5, 0.6) is 0 Å². The van der Waals surface area contributed by atoms with Crippen LogP contribution in [-0.4, -0.2) is 33.9 Å². The van der Waals surface area contributed by atoms with E-state index in [1.807, 2.05) is 17.0 Å². The van der Waals surface area contributed by atoms with Crippen LogP contribution in [0.1, 0.15) is 66.2 Å². The molecule has 2 atom stereocenters. The molecule has 4 aromatic rings. The summed E-state index contributed by atoms with van der Waals surface area (Å²) in [5.41, 5.74) is 8.28. The van der Waals surface area contributed by atoms with Crippen molar-refractivity contribution in [2.75, 3.05) is 18.4 Å². The third kappa shape index (κ3) is 5.67. The van der Waals surface area contributed by atoms with Gasteiger partial charge in [-0.25, -0.2) is 4.98 Å². The molecule has 38 heavy (non-hydrogen) atoms. The predicted octanol–water partition coefficient (Wildman–Crippen LogP) is 6.58. The molecule has 5 heteroatoms. The molecular weight excluding hydrogens is 468 g/mol. The van der Waals surface area contributed by atoms with E-state index in [1.54, 1.807) is 6.33 Å². The number of aromatic nitrogens is 2. The maximum absolute atomic E-state index is 13.4. The van der Waals surface area contributed by atoms with Crippen LogP contribution < -0.4 is 5.32 Å². The Morgan fingerprint density at radius 3 is 2.32 bits per heavy atom. The van der Waals surface area contributed by atoms with Gasteiger partial charge in [-0.3, -0.25) is 4.79 Å². The van der Waals surface area contributed by atoms with Gasteiger partial charge in [-0.2, -0.15) is 0 Å². The second-order valence-electron chi connectivity index (χ2n) is 11.5. The number of hydrogen-bond donors (Lipinski definition) is 2. The first kappa shape index (κ1) is 25.8. The van der Waals surface area contributed by atoms with Crippen molar-refractivity contribution in [1.82, 2.24) is 14.9 Å². The molecule has 2 unspecified atom stereocenters. The molecule has 3 aromatic carbocycles. The third-order valence-electron chi connectivity index (χ3n) is 7.79. The number of benzene rings is 3. The molecule has 0 spiro atoms. The first-order chi connectivity index (χ1) is 18.3.